The number of nitro groups is 1. The molecule has 1 spiro atoms. The number of nitrogens with zero attached hydrogens (tertiary/aromatic N) is 5. The fraction of sp³-hybridized carbons (Fsp3) is 0.480. The van der Waals surface area contributed by atoms with Crippen molar-refractivity contribution in [3.8, 4) is 11.6 Å². The number of fused-ring (bicyclic) bond motifs is 3. The summed E-state index contributed by atoms with van der Waals surface area (Å²) in [5.41, 5.74) is 3.30. The summed E-state index contributed by atoms with van der Waals surface area (Å²) in [5.74, 6) is -1.87. The van der Waals surface area contributed by atoms with Crippen LogP contribution in [-0.4, -0.2) is 123 Å². The molecule has 3 aromatic carbocycles. The Morgan fingerprint density at radius 2 is 1.84 bits per heavy atom. The number of benzene rings is 3. The van der Waals surface area contributed by atoms with E-state index in [1.54, 1.807) is 12.3 Å². The topological polar surface area (TPSA) is 203 Å². The number of H-pyrrole nitrogens is 1. The zero-order valence-corrected chi connectivity index (χ0v) is 39.9. The SMILES string of the molecule is CC(C)Oc1ccccc1[C@@H]1CCCN1C1CC2(CCN(c3ccc(C(=O)NS(=O)(=O)c4ccc(NC[C@]5(F)COCCO5)c([N+](=O)[O-])c4)c(N4c5cc6cc[nH]c6nc5O[C@@H]5COC[C@H]54)c3)CC2)C1. The average Bonchev–Trinajstić information content (AvgIpc) is 4.13. The molecule has 11 rings (SSSR count). The Morgan fingerprint density at radius 3 is 2.63 bits per heavy atom. The Kier molecular flexibility index (Phi) is 12.1. The van der Waals surface area contributed by atoms with Crippen molar-refractivity contribution >= 4 is 55.4 Å². The number of carbonyl (C=O) groups excluding carboxylic acids is 1. The zero-order valence-electron chi connectivity index (χ0n) is 39.1. The number of aromatic nitrogens is 2. The summed E-state index contributed by atoms with van der Waals surface area (Å²) >= 11 is 0. The third-order valence-electron chi connectivity index (χ3n) is 14.9. The highest BCUT2D eigenvalue weighted by Gasteiger charge is 2.50. The third kappa shape index (κ3) is 8.77. The first-order valence-corrected chi connectivity index (χ1v) is 25.7. The highest BCUT2D eigenvalue weighted by Crippen LogP contribution is 2.55. The number of pyridine rings is 1. The van der Waals surface area contributed by atoms with Gasteiger partial charge in [0.2, 0.25) is 11.7 Å². The number of amides is 1. The van der Waals surface area contributed by atoms with Gasteiger partial charge < -0.3 is 43.8 Å². The number of aromatic amines is 1. The normalized spacial score (nSPS) is 24.5. The minimum atomic E-state index is -4.71. The zero-order chi connectivity index (χ0) is 48.4. The lowest BCUT2D eigenvalue weighted by molar-refractivity contribution is -0.384. The van der Waals surface area contributed by atoms with Gasteiger partial charge in [0.15, 0.2) is 0 Å². The molecule has 1 amide bonds. The number of alkyl halides is 1. The van der Waals surface area contributed by atoms with Crippen molar-refractivity contribution in [1.29, 1.82) is 0 Å². The van der Waals surface area contributed by atoms with E-state index in [4.69, 9.17) is 28.7 Å². The van der Waals surface area contributed by atoms with Crippen LogP contribution in [0.5, 0.6) is 11.6 Å². The molecule has 0 radical (unpaired) electrons. The van der Waals surface area contributed by atoms with Gasteiger partial charge in [-0.2, -0.15) is 4.98 Å². The molecule has 7 heterocycles. The fourth-order valence-electron chi connectivity index (χ4n) is 11.4. The maximum Gasteiger partial charge on any atom is 0.293 e. The molecular formula is C50H57FN8O10S. The summed E-state index contributed by atoms with van der Waals surface area (Å²) in [6, 6.07) is 21.3. The average molecular weight is 981 g/mol. The molecule has 5 aliphatic heterocycles. The molecule has 3 N–H and O–H groups in total. The smallest absolute Gasteiger partial charge is 0.293 e. The van der Waals surface area contributed by atoms with Gasteiger partial charge in [0.1, 0.15) is 35.5 Å². The number of ether oxygens (including phenoxy) is 5. The van der Waals surface area contributed by atoms with Crippen LogP contribution in [-0.2, 0) is 24.2 Å². The number of likely N-dealkylation sites (tertiary alicyclic amines) is 1. The van der Waals surface area contributed by atoms with Crippen molar-refractivity contribution in [3.05, 3.63) is 100 Å². The first-order chi connectivity index (χ1) is 33.8. The second-order valence-corrected chi connectivity index (χ2v) is 21.4. The summed E-state index contributed by atoms with van der Waals surface area (Å²) in [6.45, 7) is 6.74. The van der Waals surface area contributed by atoms with Crippen LogP contribution in [0.1, 0.15) is 74.3 Å². The molecule has 0 bridgehead atoms. The van der Waals surface area contributed by atoms with E-state index in [1.807, 2.05) is 29.2 Å². The largest absolute Gasteiger partial charge is 0.491 e. The number of anilines is 4. The lowest BCUT2D eigenvalue weighted by atomic mass is 9.60. The third-order valence-corrected chi connectivity index (χ3v) is 16.2. The minimum absolute atomic E-state index is 0.00781. The first-order valence-electron chi connectivity index (χ1n) is 24.2. The Morgan fingerprint density at radius 1 is 1.01 bits per heavy atom. The Bertz CT molecular complexity index is 2910. The Balaban J connectivity index is 0.860. The lowest BCUT2D eigenvalue weighted by Gasteiger charge is -2.56. The van der Waals surface area contributed by atoms with Crippen LogP contribution in [0.15, 0.2) is 83.9 Å². The number of piperidine rings is 1. The van der Waals surface area contributed by atoms with E-state index >= 15 is 4.39 Å². The van der Waals surface area contributed by atoms with Gasteiger partial charge in [0.25, 0.3) is 21.6 Å². The van der Waals surface area contributed by atoms with Crippen LogP contribution in [0.3, 0.4) is 0 Å². The molecule has 0 unspecified atom stereocenters. The Labute approximate surface area is 404 Å². The molecule has 370 valence electrons. The molecule has 70 heavy (non-hydrogen) atoms. The maximum absolute atomic E-state index is 15.1. The number of carbonyl (C=O) groups is 1. The molecule has 1 aliphatic carbocycles. The summed E-state index contributed by atoms with van der Waals surface area (Å²) in [4.78, 5) is 40.4. The van der Waals surface area contributed by atoms with E-state index in [9.17, 15) is 23.3 Å². The monoisotopic (exact) mass is 980 g/mol. The molecular weight excluding hydrogens is 924 g/mol. The lowest BCUT2D eigenvalue weighted by Crippen LogP contribution is -2.55. The van der Waals surface area contributed by atoms with E-state index < -0.39 is 56.0 Å². The second kappa shape index (κ2) is 18.3. The quantitative estimate of drug-likeness (QED) is 0.0778. The standard InChI is InChI=1S/C50H57FN8O10S/c1-31(2)68-44-8-4-3-6-36(44)39-7-5-17-57(39)34-25-49(26-34)14-18-56(19-15-49)33-9-11-37(40(23-33)58-42-22-32-13-16-52-46(32)54-48(42)69-45-28-66-27-43(45)58)47(60)55-70(63,64)35-10-12-38(41(24-35)59(61)62)53-29-50(51)30-65-20-21-67-50/h3-4,6,8-13,16,22-24,31,34,39,43,45,53H,5,7,14-15,17-21,25-30H2,1-2H3,(H,52,54)(H,55,60)/t39-,43+,45+,50+/m0/s1. The van der Waals surface area contributed by atoms with E-state index in [0.29, 0.717) is 35.0 Å². The Hall–Kier alpha value is -6.06. The van der Waals surface area contributed by atoms with Crippen molar-refractivity contribution in [3.63, 3.8) is 0 Å². The molecule has 4 atom stereocenters. The number of nitrogens with one attached hydrogen (secondary N) is 3. The van der Waals surface area contributed by atoms with Crippen molar-refractivity contribution in [2.75, 3.05) is 74.3 Å². The van der Waals surface area contributed by atoms with E-state index in [0.717, 1.165) is 93.2 Å². The van der Waals surface area contributed by atoms with E-state index in [2.05, 4.69) is 62.9 Å². The highest BCUT2D eigenvalue weighted by molar-refractivity contribution is 7.90. The van der Waals surface area contributed by atoms with Gasteiger partial charge in [0.05, 0.1) is 66.2 Å². The fourth-order valence-corrected chi connectivity index (χ4v) is 12.4. The highest BCUT2D eigenvalue weighted by atomic mass is 32.2. The van der Waals surface area contributed by atoms with Gasteiger partial charge in [-0.05, 0) is 113 Å². The van der Waals surface area contributed by atoms with Crippen molar-refractivity contribution in [2.45, 2.75) is 93.5 Å². The van der Waals surface area contributed by atoms with Crippen LogP contribution < -0.4 is 29.3 Å². The molecule has 20 heteroatoms. The maximum atomic E-state index is 15.1. The number of halogens is 1. The predicted molar refractivity (Wildman–Crippen MR) is 258 cm³/mol. The van der Waals surface area contributed by atoms with Gasteiger partial charge in [-0.25, -0.2) is 17.5 Å². The summed E-state index contributed by atoms with van der Waals surface area (Å²) in [5, 5.41) is 15.7. The number of sulfonamides is 1. The minimum Gasteiger partial charge on any atom is -0.491 e. The van der Waals surface area contributed by atoms with Gasteiger partial charge in [-0.15, -0.1) is 0 Å². The van der Waals surface area contributed by atoms with Crippen LogP contribution >= 0.6 is 0 Å². The predicted octanol–water partition coefficient (Wildman–Crippen LogP) is 7.39. The molecule has 4 saturated heterocycles. The number of hydrogen-bond acceptors (Lipinski definition) is 15. The van der Waals surface area contributed by atoms with E-state index in [-0.39, 0.29) is 55.8 Å². The van der Waals surface area contributed by atoms with Crippen LogP contribution in [0, 0.1) is 15.5 Å². The van der Waals surface area contributed by atoms with Crippen molar-refractivity contribution in [1.82, 2.24) is 19.6 Å². The van der Waals surface area contributed by atoms with Crippen LogP contribution in [0.4, 0.5) is 32.8 Å². The number of rotatable bonds is 13. The molecule has 2 aromatic heterocycles. The van der Waals surface area contributed by atoms with Crippen molar-refractivity contribution < 1.29 is 46.2 Å². The number of nitro benzene ring substituents is 1. The molecule has 18 nitrogen and oxygen atoms in total. The number of hydrogen-bond donors (Lipinski definition) is 3. The number of para-hydroxylation sites is 1. The van der Waals surface area contributed by atoms with Crippen LogP contribution in [0.25, 0.3) is 11.0 Å². The summed E-state index contributed by atoms with van der Waals surface area (Å²) in [7, 11) is -4.71. The summed E-state index contributed by atoms with van der Waals surface area (Å²) in [6.07, 6.45) is 8.03. The summed E-state index contributed by atoms with van der Waals surface area (Å²) < 4.78 is 74.4. The first kappa shape index (κ1) is 46.3. The molecule has 1 saturated carbocycles. The van der Waals surface area contributed by atoms with Crippen molar-refractivity contribution in [2.24, 2.45) is 5.41 Å². The van der Waals surface area contributed by atoms with Crippen LogP contribution in [0.2, 0.25) is 0 Å². The molecule has 5 aromatic rings. The van der Waals surface area contributed by atoms with E-state index in [1.165, 1.54) is 5.56 Å². The second-order valence-electron chi connectivity index (χ2n) is 19.7. The van der Waals surface area contributed by atoms with Gasteiger partial charge in [-0.3, -0.25) is 19.8 Å². The van der Waals surface area contributed by atoms with Gasteiger partial charge in [0, 0.05) is 54.1 Å². The molecule has 6 aliphatic rings. The van der Waals surface area contributed by atoms with Gasteiger partial charge in [-0.1, -0.05) is 18.2 Å². The molecule has 5 fully saturated rings. The van der Waals surface area contributed by atoms with Gasteiger partial charge >= 0.3 is 0 Å².